The molecule has 0 aliphatic carbocycles. The average molecular weight is 384 g/mol. The minimum atomic E-state index is -0.138. The molecule has 7 heteroatoms. The molecule has 0 bridgehead atoms. The topological polar surface area (TPSA) is 52.7 Å². The van der Waals surface area contributed by atoms with Crippen molar-refractivity contribution in [3.63, 3.8) is 0 Å². The van der Waals surface area contributed by atoms with E-state index in [1.54, 1.807) is 11.8 Å². The van der Waals surface area contributed by atoms with E-state index in [-0.39, 0.29) is 17.1 Å². The fraction of sp³-hybridized carbons (Fsp3) is 0.556. The number of hydrogen-bond donors (Lipinski definition) is 1. The molecule has 0 aromatic heterocycles. The molecule has 1 heterocycles. The lowest BCUT2D eigenvalue weighted by molar-refractivity contribution is -0.132. The fourth-order valence-corrected chi connectivity index (χ4v) is 3.75. The maximum Gasteiger partial charge on any atom is 0.235 e. The summed E-state index contributed by atoms with van der Waals surface area (Å²) in [6, 6.07) is 7.54. The Labute approximate surface area is 159 Å². The van der Waals surface area contributed by atoms with E-state index in [1.807, 2.05) is 43.0 Å². The Morgan fingerprint density at radius 3 is 2.44 bits per heavy atom. The van der Waals surface area contributed by atoms with Crippen molar-refractivity contribution >= 4 is 35.2 Å². The molecule has 1 N–H and O–H groups in total. The van der Waals surface area contributed by atoms with Gasteiger partial charge in [0.1, 0.15) is 0 Å². The summed E-state index contributed by atoms with van der Waals surface area (Å²) in [7, 11) is 0. The van der Waals surface area contributed by atoms with Gasteiger partial charge in [0, 0.05) is 42.6 Å². The van der Waals surface area contributed by atoms with Gasteiger partial charge in [-0.05, 0) is 37.6 Å². The molecule has 0 spiro atoms. The minimum Gasteiger partial charge on any atom is -0.355 e. The highest BCUT2D eigenvalue weighted by Crippen LogP contribution is 2.26. The number of nitrogens with one attached hydrogen (secondary N) is 1. The molecule has 1 atom stereocenters. The van der Waals surface area contributed by atoms with Crippen molar-refractivity contribution in [2.24, 2.45) is 0 Å². The first-order chi connectivity index (χ1) is 12.0. The molecule has 1 aliphatic rings. The van der Waals surface area contributed by atoms with E-state index in [2.05, 4.69) is 10.2 Å². The maximum atomic E-state index is 12.6. The molecule has 1 unspecified atom stereocenters. The number of rotatable bonds is 7. The summed E-state index contributed by atoms with van der Waals surface area (Å²) in [5, 5.41) is 3.45. The molecule has 1 aliphatic heterocycles. The Hall–Kier alpha value is -1.24. The van der Waals surface area contributed by atoms with Gasteiger partial charge in [0.2, 0.25) is 11.8 Å². The largest absolute Gasteiger partial charge is 0.355 e. The third-order valence-electron chi connectivity index (χ3n) is 4.10. The van der Waals surface area contributed by atoms with Gasteiger partial charge in [0.05, 0.1) is 11.8 Å². The smallest absolute Gasteiger partial charge is 0.235 e. The Kier molecular flexibility index (Phi) is 8.06. The first-order valence-corrected chi connectivity index (χ1v) is 9.95. The predicted molar refractivity (Wildman–Crippen MR) is 103 cm³/mol. The van der Waals surface area contributed by atoms with Gasteiger partial charge < -0.3 is 10.2 Å². The van der Waals surface area contributed by atoms with Crippen LogP contribution in [0.1, 0.15) is 20.3 Å². The lowest BCUT2D eigenvalue weighted by Gasteiger charge is -2.35. The first-order valence-electron chi connectivity index (χ1n) is 8.69. The van der Waals surface area contributed by atoms with Crippen LogP contribution in [-0.4, -0.2) is 66.1 Å². The summed E-state index contributed by atoms with van der Waals surface area (Å²) < 4.78 is 0. The number of hydrogen-bond acceptors (Lipinski definition) is 4. The standard InChI is InChI=1S/C18H26ClN3O2S/c1-3-8-20-17(23)13-21-9-11-22(12-10-21)18(24)14(2)25-16-6-4-15(19)5-7-16/h4-7,14H,3,8-13H2,1-2H3,(H,20,23). The van der Waals surface area contributed by atoms with Crippen LogP contribution in [0.5, 0.6) is 0 Å². The van der Waals surface area contributed by atoms with E-state index < -0.39 is 0 Å². The van der Waals surface area contributed by atoms with Gasteiger partial charge in [-0.2, -0.15) is 0 Å². The number of amides is 2. The number of benzene rings is 1. The van der Waals surface area contributed by atoms with Crippen molar-refractivity contribution in [3.05, 3.63) is 29.3 Å². The molecule has 25 heavy (non-hydrogen) atoms. The van der Waals surface area contributed by atoms with Crippen LogP contribution in [0.3, 0.4) is 0 Å². The Bertz CT molecular complexity index is 574. The van der Waals surface area contributed by atoms with Gasteiger partial charge in [-0.1, -0.05) is 18.5 Å². The van der Waals surface area contributed by atoms with Gasteiger partial charge in [-0.25, -0.2) is 0 Å². The summed E-state index contributed by atoms with van der Waals surface area (Å²) in [6.07, 6.45) is 0.942. The van der Waals surface area contributed by atoms with Gasteiger partial charge in [-0.3, -0.25) is 14.5 Å². The molecule has 1 saturated heterocycles. The molecular weight excluding hydrogens is 358 g/mol. The summed E-state index contributed by atoms with van der Waals surface area (Å²) in [4.78, 5) is 29.4. The highest BCUT2D eigenvalue weighted by atomic mass is 35.5. The van der Waals surface area contributed by atoms with E-state index in [0.29, 0.717) is 24.7 Å². The fourth-order valence-electron chi connectivity index (χ4n) is 2.67. The van der Waals surface area contributed by atoms with Crippen LogP contribution >= 0.6 is 23.4 Å². The molecule has 2 amide bonds. The molecule has 1 aromatic carbocycles. The number of nitrogens with zero attached hydrogens (tertiary/aromatic N) is 2. The van der Waals surface area contributed by atoms with Crippen LogP contribution in [-0.2, 0) is 9.59 Å². The molecule has 5 nitrogen and oxygen atoms in total. The summed E-state index contributed by atoms with van der Waals surface area (Å²) >= 11 is 7.44. The van der Waals surface area contributed by atoms with Crippen LogP contribution in [0.2, 0.25) is 5.02 Å². The number of carbonyl (C=O) groups is 2. The molecule has 1 fully saturated rings. The van der Waals surface area contributed by atoms with Crippen LogP contribution in [0.25, 0.3) is 0 Å². The second kappa shape index (κ2) is 10.0. The Balaban J connectivity index is 1.76. The minimum absolute atomic E-state index is 0.0632. The lowest BCUT2D eigenvalue weighted by Crippen LogP contribution is -2.52. The molecule has 2 rings (SSSR count). The summed E-state index contributed by atoms with van der Waals surface area (Å²) in [5.41, 5.74) is 0. The predicted octanol–water partition coefficient (Wildman–Crippen LogP) is 2.49. The van der Waals surface area contributed by atoms with Crippen LogP contribution in [0.4, 0.5) is 0 Å². The van der Waals surface area contributed by atoms with Crippen molar-refractivity contribution in [1.82, 2.24) is 15.1 Å². The quantitative estimate of drug-likeness (QED) is 0.735. The monoisotopic (exact) mass is 383 g/mol. The second-order valence-electron chi connectivity index (χ2n) is 6.17. The highest BCUT2D eigenvalue weighted by molar-refractivity contribution is 8.00. The first kappa shape index (κ1) is 20.1. The molecular formula is C18H26ClN3O2S. The highest BCUT2D eigenvalue weighted by Gasteiger charge is 2.26. The average Bonchev–Trinajstić information content (AvgIpc) is 2.62. The Morgan fingerprint density at radius 2 is 1.84 bits per heavy atom. The zero-order valence-electron chi connectivity index (χ0n) is 14.8. The van der Waals surface area contributed by atoms with Gasteiger partial charge in [0.15, 0.2) is 0 Å². The molecule has 1 aromatic rings. The van der Waals surface area contributed by atoms with Crippen LogP contribution in [0.15, 0.2) is 29.2 Å². The molecule has 0 saturated carbocycles. The van der Waals surface area contributed by atoms with Crippen molar-refractivity contribution < 1.29 is 9.59 Å². The third kappa shape index (κ3) is 6.53. The third-order valence-corrected chi connectivity index (χ3v) is 5.45. The van der Waals surface area contributed by atoms with E-state index in [1.165, 1.54) is 0 Å². The van der Waals surface area contributed by atoms with E-state index in [9.17, 15) is 9.59 Å². The van der Waals surface area contributed by atoms with E-state index in [0.717, 1.165) is 31.0 Å². The second-order valence-corrected chi connectivity index (χ2v) is 8.02. The van der Waals surface area contributed by atoms with Gasteiger partial charge >= 0.3 is 0 Å². The van der Waals surface area contributed by atoms with Crippen LogP contribution < -0.4 is 5.32 Å². The zero-order chi connectivity index (χ0) is 18.2. The van der Waals surface area contributed by atoms with Crippen molar-refractivity contribution in [1.29, 1.82) is 0 Å². The number of halogens is 1. The molecule has 0 radical (unpaired) electrons. The number of piperazine rings is 1. The van der Waals surface area contributed by atoms with Crippen molar-refractivity contribution in [2.45, 2.75) is 30.4 Å². The van der Waals surface area contributed by atoms with Crippen molar-refractivity contribution in [3.8, 4) is 0 Å². The maximum absolute atomic E-state index is 12.6. The number of thioether (sulfide) groups is 1. The SMILES string of the molecule is CCCNC(=O)CN1CCN(C(=O)C(C)Sc2ccc(Cl)cc2)CC1. The normalized spacial score (nSPS) is 16.5. The van der Waals surface area contributed by atoms with Crippen LogP contribution in [0, 0.1) is 0 Å². The van der Waals surface area contributed by atoms with E-state index >= 15 is 0 Å². The van der Waals surface area contributed by atoms with Gasteiger partial charge in [0.25, 0.3) is 0 Å². The lowest BCUT2D eigenvalue weighted by atomic mass is 10.2. The van der Waals surface area contributed by atoms with E-state index in [4.69, 9.17) is 11.6 Å². The zero-order valence-corrected chi connectivity index (χ0v) is 16.4. The van der Waals surface area contributed by atoms with Crippen molar-refractivity contribution in [2.75, 3.05) is 39.3 Å². The number of carbonyl (C=O) groups excluding carboxylic acids is 2. The summed E-state index contributed by atoms with van der Waals surface area (Å²) in [5.74, 6) is 0.211. The van der Waals surface area contributed by atoms with Gasteiger partial charge in [-0.15, -0.1) is 11.8 Å². The molecule has 138 valence electrons. The summed E-state index contributed by atoms with van der Waals surface area (Å²) in [6.45, 7) is 7.93. The Morgan fingerprint density at radius 1 is 1.20 bits per heavy atom.